The molecule has 8 nitrogen and oxygen atoms in total. The van der Waals surface area contributed by atoms with E-state index < -0.39 is 0 Å². The number of methoxy groups -OCH3 is 3. The lowest BCUT2D eigenvalue weighted by atomic mass is 9.87. The number of rotatable bonds is 6. The van der Waals surface area contributed by atoms with Crippen LogP contribution in [0.2, 0.25) is 0 Å². The summed E-state index contributed by atoms with van der Waals surface area (Å²) in [5.41, 5.74) is 1.43. The first kappa shape index (κ1) is 23.9. The average Bonchev–Trinajstić information content (AvgIpc) is 3.33. The molecule has 0 bridgehead atoms. The molecule has 2 aromatic carbocycles. The smallest absolute Gasteiger partial charge is 0.254 e. The van der Waals surface area contributed by atoms with Crippen LogP contribution in [-0.4, -0.2) is 94.2 Å². The first-order valence-electron chi connectivity index (χ1n) is 11.6. The molecule has 0 saturated carbocycles. The van der Waals surface area contributed by atoms with Gasteiger partial charge in [-0.15, -0.1) is 0 Å². The van der Waals surface area contributed by atoms with Crippen LogP contribution in [0.25, 0.3) is 0 Å². The average molecular weight is 468 g/mol. The summed E-state index contributed by atoms with van der Waals surface area (Å²) >= 11 is 0. The second kappa shape index (κ2) is 10.3. The summed E-state index contributed by atoms with van der Waals surface area (Å²) in [7, 11) is 6.88. The zero-order valence-electron chi connectivity index (χ0n) is 20.3. The number of amides is 2. The van der Waals surface area contributed by atoms with E-state index in [-0.39, 0.29) is 23.7 Å². The molecule has 2 aliphatic heterocycles. The number of carbonyl (C=O) groups is 2. The van der Waals surface area contributed by atoms with Crippen molar-refractivity contribution in [3.05, 3.63) is 53.6 Å². The van der Waals surface area contributed by atoms with E-state index in [1.54, 1.807) is 44.4 Å². The molecule has 2 saturated heterocycles. The second-order valence-electron chi connectivity index (χ2n) is 8.89. The normalized spacial score (nSPS) is 20.8. The van der Waals surface area contributed by atoms with Gasteiger partial charge in [0.15, 0.2) is 0 Å². The first-order chi connectivity index (χ1) is 16.4. The van der Waals surface area contributed by atoms with Crippen molar-refractivity contribution in [2.24, 2.45) is 5.92 Å². The molecule has 0 aromatic heterocycles. The Kier molecular flexibility index (Phi) is 7.26. The highest BCUT2D eigenvalue weighted by molar-refractivity contribution is 5.95. The Hall–Kier alpha value is -3.26. The van der Waals surface area contributed by atoms with Gasteiger partial charge in [0.25, 0.3) is 5.91 Å². The maximum Gasteiger partial charge on any atom is 0.254 e. The Bertz CT molecular complexity index is 1030. The van der Waals surface area contributed by atoms with Gasteiger partial charge in [0.1, 0.15) is 17.2 Å². The van der Waals surface area contributed by atoms with Gasteiger partial charge >= 0.3 is 0 Å². The molecule has 0 radical (unpaired) electrons. The Balaban J connectivity index is 1.67. The zero-order chi connectivity index (χ0) is 24.2. The van der Waals surface area contributed by atoms with E-state index in [1.165, 1.54) is 0 Å². The number of piperazine rings is 1. The maximum absolute atomic E-state index is 13.7. The van der Waals surface area contributed by atoms with Crippen molar-refractivity contribution in [3.8, 4) is 17.2 Å². The topological polar surface area (TPSA) is 71.6 Å². The van der Waals surface area contributed by atoms with Crippen LogP contribution in [0.1, 0.15) is 21.8 Å². The number of ether oxygens (including phenoxy) is 3. The summed E-state index contributed by atoms with van der Waals surface area (Å²) in [4.78, 5) is 33.1. The Morgan fingerprint density at radius 2 is 1.53 bits per heavy atom. The fourth-order valence-electron chi connectivity index (χ4n) is 4.86. The number of nitrogens with zero attached hydrogens (tertiary/aromatic N) is 3. The third-order valence-electron chi connectivity index (χ3n) is 6.89. The van der Waals surface area contributed by atoms with Gasteiger partial charge in [0.2, 0.25) is 5.91 Å². The van der Waals surface area contributed by atoms with Crippen LogP contribution in [0.3, 0.4) is 0 Å². The number of carbonyl (C=O) groups excluding carboxylic acids is 2. The van der Waals surface area contributed by atoms with E-state index in [4.69, 9.17) is 14.2 Å². The molecule has 8 heteroatoms. The molecule has 2 aromatic rings. The lowest BCUT2D eigenvalue weighted by Crippen LogP contribution is -2.50. The van der Waals surface area contributed by atoms with Crippen molar-refractivity contribution in [1.82, 2.24) is 14.7 Å². The summed E-state index contributed by atoms with van der Waals surface area (Å²) in [5.74, 6) is 1.42. The van der Waals surface area contributed by atoms with Gasteiger partial charge < -0.3 is 28.9 Å². The summed E-state index contributed by atoms with van der Waals surface area (Å²) in [6.45, 7) is 3.85. The Labute approximate surface area is 201 Å². The van der Waals surface area contributed by atoms with Crippen LogP contribution in [0, 0.1) is 5.92 Å². The van der Waals surface area contributed by atoms with Crippen LogP contribution >= 0.6 is 0 Å². The number of hydrogen-bond donors (Lipinski definition) is 0. The molecule has 2 fully saturated rings. The molecule has 34 heavy (non-hydrogen) atoms. The highest BCUT2D eigenvalue weighted by Crippen LogP contribution is 2.40. The monoisotopic (exact) mass is 467 g/mol. The van der Waals surface area contributed by atoms with E-state index in [9.17, 15) is 9.59 Å². The lowest BCUT2D eigenvalue weighted by Gasteiger charge is -2.35. The van der Waals surface area contributed by atoms with Crippen molar-refractivity contribution in [2.75, 3.05) is 67.6 Å². The summed E-state index contributed by atoms with van der Waals surface area (Å²) in [6.07, 6.45) is 0. The second-order valence-corrected chi connectivity index (χ2v) is 8.89. The molecule has 0 aliphatic carbocycles. The Morgan fingerprint density at radius 1 is 0.824 bits per heavy atom. The molecular formula is C26H33N3O5. The minimum atomic E-state index is -0.362. The van der Waals surface area contributed by atoms with Crippen LogP contribution < -0.4 is 14.2 Å². The van der Waals surface area contributed by atoms with Gasteiger partial charge in [-0.05, 0) is 43.4 Å². The zero-order valence-corrected chi connectivity index (χ0v) is 20.3. The number of likely N-dealkylation sites (N-methyl/N-ethyl adjacent to an activating group) is 1. The minimum Gasteiger partial charge on any atom is -0.497 e. The predicted octanol–water partition coefficient (Wildman–Crippen LogP) is 2.34. The molecule has 2 heterocycles. The number of likely N-dealkylation sites (tertiary alicyclic amines) is 1. The molecule has 0 N–H and O–H groups in total. The molecule has 2 aliphatic rings. The van der Waals surface area contributed by atoms with Crippen molar-refractivity contribution in [1.29, 1.82) is 0 Å². The summed E-state index contributed by atoms with van der Waals surface area (Å²) < 4.78 is 16.4. The van der Waals surface area contributed by atoms with Gasteiger partial charge in [0.05, 0.1) is 27.2 Å². The van der Waals surface area contributed by atoms with Crippen molar-refractivity contribution in [3.63, 3.8) is 0 Å². The van der Waals surface area contributed by atoms with E-state index in [1.807, 2.05) is 29.2 Å². The quantitative estimate of drug-likeness (QED) is 0.650. The van der Waals surface area contributed by atoms with E-state index in [0.717, 1.165) is 18.7 Å². The molecule has 2 amide bonds. The fourth-order valence-corrected chi connectivity index (χ4v) is 4.86. The van der Waals surface area contributed by atoms with Crippen molar-refractivity contribution >= 4 is 11.8 Å². The third-order valence-corrected chi connectivity index (χ3v) is 6.89. The van der Waals surface area contributed by atoms with Gasteiger partial charge in [-0.1, -0.05) is 6.07 Å². The van der Waals surface area contributed by atoms with Crippen LogP contribution in [0.4, 0.5) is 0 Å². The first-order valence-corrected chi connectivity index (χ1v) is 11.6. The molecule has 4 rings (SSSR count). The highest BCUT2D eigenvalue weighted by Gasteiger charge is 2.43. The van der Waals surface area contributed by atoms with E-state index >= 15 is 0 Å². The van der Waals surface area contributed by atoms with Crippen molar-refractivity contribution < 1.29 is 23.8 Å². The van der Waals surface area contributed by atoms with E-state index in [2.05, 4.69) is 11.9 Å². The largest absolute Gasteiger partial charge is 0.497 e. The van der Waals surface area contributed by atoms with Gasteiger partial charge in [-0.25, -0.2) is 0 Å². The van der Waals surface area contributed by atoms with Gasteiger partial charge in [-0.3, -0.25) is 9.59 Å². The predicted molar refractivity (Wildman–Crippen MR) is 129 cm³/mol. The van der Waals surface area contributed by atoms with Crippen LogP contribution in [-0.2, 0) is 4.79 Å². The maximum atomic E-state index is 13.7. The standard InChI is InChI=1S/C26H33N3O5/c1-27-10-12-28(13-11-27)26(31)23-17-29(25(30)18-6-5-7-19(14-18)32-2)16-22(23)21-15-20(33-3)8-9-24(21)34-4/h5-9,14-15,22-23H,10-13,16-17H2,1-4H3. The molecule has 182 valence electrons. The lowest BCUT2D eigenvalue weighted by molar-refractivity contribution is -0.137. The SMILES string of the molecule is COc1cccc(C(=O)N2CC(C(=O)N3CCN(C)CC3)C(c3cc(OC)ccc3OC)C2)c1. The fraction of sp³-hybridized carbons (Fsp3) is 0.462. The van der Waals surface area contributed by atoms with Crippen LogP contribution in [0.5, 0.6) is 17.2 Å². The number of benzene rings is 2. The number of hydrogen-bond acceptors (Lipinski definition) is 6. The third kappa shape index (κ3) is 4.82. The summed E-state index contributed by atoms with van der Waals surface area (Å²) in [6, 6.07) is 12.8. The molecule has 2 unspecified atom stereocenters. The molecule has 0 spiro atoms. The van der Waals surface area contributed by atoms with Crippen LogP contribution in [0.15, 0.2) is 42.5 Å². The molecular weight excluding hydrogens is 434 g/mol. The summed E-state index contributed by atoms with van der Waals surface area (Å²) in [5, 5.41) is 0. The minimum absolute atomic E-state index is 0.0870. The Morgan fingerprint density at radius 3 is 2.21 bits per heavy atom. The van der Waals surface area contributed by atoms with Gasteiger partial charge in [-0.2, -0.15) is 0 Å². The molecule has 2 atom stereocenters. The van der Waals surface area contributed by atoms with E-state index in [0.29, 0.717) is 49.0 Å². The van der Waals surface area contributed by atoms with Gasteiger partial charge in [0, 0.05) is 56.3 Å². The van der Waals surface area contributed by atoms with Crippen molar-refractivity contribution in [2.45, 2.75) is 5.92 Å². The highest BCUT2D eigenvalue weighted by atomic mass is 16.5.